The van der Waals surface area contributed by atoms with E-state index >= 15 is 0 Å². The summed E-state index contributed by atoms with van der Waals surface area (Å²) in [7, 11) is 0. The van der Waals surface area contributed by atoms with Crippen LogP contribution in [0.5, 0.6) is 0 Å². The first-order valence-corrected chi connectivity index (χ1v) is 11.2. The van der Waals surface area contributed by atoms with Gasteiger partial charge in [0.05, 0.1) is 17.4 Å². The van der Waals surface area contributed by atoms with Crippen LogP contribution in [0.4, 0.5) is 4.39 Å². The summed E-state index contributed by atoms with van der Waals surface area (Å²) in [6.07, 6.45) is 10.7. The van der Waals surface area contributed by atoms with E-state index in [4.69, 9.17) is 9.97 Å². The molecule has 0 saturated carbocycles. The molecule has 0 aromatic carbocycles. The third-order valence-corrected chi connectivity index (χ3v) is 6.09. The number of hydrogen-bond donors (Lipinski definition) is 0. The van der Waals surface area contributed by atoms with Crippen LogP contribution < -0.4 is 0 Å². The molecule has 1 aliphatic carbocycles. The Hall–Kier alpha value is -2.27. The fraction of sp³-hybridized carbons (Fsp3) is 0.520. The van der Waals surface area contributed by atoms with Gasteiger partial charge in [-0.05, 0) is 67.8 Å². The average molecular weight is 409 g/mol. The Morgan fingerprint density at radius 3 is 2.83 bits per heavy atom. The predicted molar refractivity (Wildman–Crippen MR) is 119 cm³/mol. The van der Waals surface area contributed by atoms with E-state index in [2.05, 4.69) is 31.7 Å². The maximum atomic E-state index is 14.1. The molecule has 0 fully saturated rings. The third-order valence-electron chi connectivity index (χ3n) is 6.09. The van der Waals surface area contributed by atoms with Gasteiger partial charge < -0.3 is 0 Å². The number of imidazole rings is 1. The van der Waals surface area contributed by atoms with Crippen LogP contribution in [-0.2, 0) is 13.0 Å². The van der Waals surface area contributed by atoms with E-state index in [-0.39, 0.29) is 5.95 Å². The number of unbranched alkanes of at least 4 members (excludes halogenated alkanes) is 1. The van der Waals surface area contributed by atoms with Gasteiger partial charge in [0, 0.05) is 18.9 Å². The fourth-order valence-electron chi connectivity index (χ4n) is 4.57. The van der Waals surface area contributed by atoms with Gasteiger partial charge in [0.25, 0.3) is 0 Å². The van der Waals surface area contributed by atoms with Crippen LogP contribution in [-0.4, -0.2) is 25.8 Å². The van der Waals surface area contributed by atoms with Crippen LogP contribution in [0.2, 0.25) is 0 Å². The van der Waals surface area contributed by atoms with Crippen molar-refractivity contribution < 1.29 is 4.39 Å². The summed E-state index contributed by atoms with van der Waals surface area (Å²) < 4.78 is 15.7. The van der Waals surface area contributed by atoms with E-state index in [0.717, 1.165) is 38.0 Å². The minimum atomic E-state index is -0.271. The van der Waals surface area contributed by atoms with Crippen molar-refractivity contribution in [2.75, 3.05) is 6.54 Å². The van der Waals surface area contributed by atoms with Gasteiger partial charge in [0.15, 0.2) is 5.95 Å². The van der Waals surface area contributed by atoms with Gasteiger partial charge in [-0.1, -0.05) is 39.3 Å². The number of hydrogen-bond acceptors (Lipinski definition) is 3. The number of pyridine rings is 2. The zero-order chi connectivity index (χ0) is 21.1. The summed E-state index contributed by atoms with van der Waals surface area (Å²) in [5.41, 5.74) is 4.53. The topological polar surface area (TPSA) is 33.4 Å². The average Bonchev–Trinajstić information content (AvgIpc) is 3.13. The lowest BCUT2D eigenvalue weighted by molar-refractivity contribution is 0.158. The second kappa shape index (κ2) is 8.84. The predicted octanol–water partition coefficient (Wildman–Crippen LogP) is 5.96. The number of halogens is 1. The van der Waals surface area contributed by atoms with Crippen molar-refractivity contribution >= 4 is 5.65 Å². The van der Waals surface area contributed by atoms with E-state index in [1.807, 2.05) is 24.5 Å². The molecule has 30 heavy (non-hydrogen) atoms. The van der Waals surface area contributed by atoms with Crippen molar-refractivity contribution in [1.82, 2.24) is 19.3 Å². The van der Waals surface area contributed by atoms with Gasteiger partial charge in [0.2, 0.25) is 0 Å². The second-order valence-corrected chi connectivity index (χ2v) is 9.75. The summed E-state index contributed by atoms with van der Waals surface area (Å²) in [5, 5.41) is 0. The van der Waals surface area contributed by atoms with Gasteiger partial charge in [0.1, 0.15) is 5.65 Å². The lowest BCUT2D eigenvalue weighted by Crippen LogP contribution is -2.32. The van der Waals surface area contributed by atoms with E-state index < -0.39 is 0 Å². The Morgan fingerprint density at radius 2 is 2.03 bits per heavy atom. The molecule has 5 heteroatoms. The van der Waals surface area contributed by atoms with Crippen molar-refractivity contribution in [3.8, 4) is 0 Å². The molecule has 0 radical (unpaired) electrons. The number of fused-ring (bicyclic) bond motifs is 2. The highest BCUT2D eigenvalue weighted by Gasteiger charge is 2.27. The largest absolute Gasteiger partial charge is 0.289 e. The summed E-state index contributed by atoms with van der Waals surface area (Å²) in [6, 6.07) is 9.61. The molecule has 4 nitrogen and oxygen atoms in total. The Kier molecular flexibility index (Phi) is 6.19. The standard InChI is InChI=1S/C25H33FN4/c1-25(2,3)14-4-5-16-29(21-11-6-9-19-10-8-15-27-24(19)21)17-20-18-30-22(26)12-7-13-23(30)28-20/h7-8,10,12-13,15,18,21H,4-6,9,11,14,16-17H2,1-3H3. The maximum Gasteiger partial charge on any atom is 0.199 e. The minimum absolute atomic E-state index is 0.271. The molecule has 0 N–H and O–H groups in total. The third kappa shape index (κ3) is 4.89. The van der Waals surface area contributed by atoms with Crippen molar-refractivity contribution in [2.24, 2.45) is 5.41 Å². The molecule has 1 atom stereocenters. The van der Waals surface area contributed by atoms with Gasteiger partial charge in [-0.25, -0.2) is 4.98 Å². The first-order chi connectivity index (χ1) is 14.4. The van der Waals surface area contributed by atoms with E-state index in [1.165, 1.54) is 36.6 Å². The molecular formula is C25H33FN4. The highest BCUT2D eigenvalue weighted by molar-refractivity contribution is 5.39. The van der Waals surface area contributed by atoms with Crippen molar-refractivity contribution in [1.29, 1.82) is 0 Å². The molecule has 0 spiro atoms. The zero-order valence-corrected chi connectivity index (χ0v) is 18.4. The van der Waals surface area contributed by atoms with Crippen LogP contribution in [0, 0.1) is 11.4 Å². The van der Waals surface area contributed by atoms with Gasteiger partial charge in [-0.15, -0.1) is 0 Å². The van der Waals surface area contributed by atoms with E-state index in [0.29, 0.717) is 17.1 Å². The molecule has 3 heterocycles. The molecular weight excluding hydrogens is 375 g/mol. The summed E-state index contributed by atoms with van der Waals surface area (Å²) in [5.74, 6) is -0.271. The molecule has 1 aliphatic rings. The number of nitrogens with zero attached hydrogens (tertiary/aromatic N) is 4. The first-order valence-electron chi connectivity index (χ1n) is 11.2. The minimum Gasteiger partial charge on any atom is -0.289 e. The zero-order valence-electron chi connectivity index (χ0n) is 18.4. The van der Waals surface area contributed by atoms with Crippen LogP contribution >= 0.6 is 0 Å². The number of aromatic nitrogens is 3. The Balaban J connectivity index is 1.56. The summed E-state index contributed by atoms with van der Waals surface area (Å²) >= 11 is 0. The molecule has 0 bridgehead atoms. The highest BCUT2D eigenvalue weighted by atomic mass is 19.1. The molecule has 1 unspecified atom stereocenters. The second-order valence-electron chi connectivity index (χ2n) is 9.75. The number of aryl methyl sites for hydroxylation is 1. The summed E-state index contributed by atoms with van der Waals surface area (Å²) in [6.45, 7) is 8.64. The molecule has 3 aromatic heterocycles. The highest BCUT2D eigenvalue weighted by Crippen LogP contribution is 2.34. The number of rotatable bonds is 7. The Bertz CT molecular complexity index is 988. The van der Waals surface area contributed by atoms with E-state index in [1.54, 1.807) is 10.5 Å². The summed E-state index contributed by atoms with van der Waals surface area (Å²) in [4.78, 5) is 12.0. The fourth-order valence-corrected chi connectivity index (χ4v) is 4.57. The van der Waals surface area contributed by atoms with Crippen molar-refractivity contribution in [2.45, 2.75) is 71.9 Å². The Labute approximate surface area is 179 Å². The molecule has 3 aromatic rings. The molecule has 0 saturated heterocycles. The van der Waals surface area contributed by atoms with Gasteiger partial charge in [-0.2, -0.15) is 4.39 Å². The monoisotopic (exact) mass is 408 g/mol. The lowest BCUT2D eigenvalue weighted by Gasteiger charge is -2.35. The normalized spacial score (nSPS) is 16.9. The van der Waals surface area contributed by atoms with Crippen molar-refractivity contribution in [3.63, 3.8) is 0 Å². The maximum absolute atomic E-state index is 14.1. The molecule has 160 valence electrons. The van der Waals surface area contributed by atoms with Gasteiger partial charge in [-0.3, -0.25) is 14.3 Å². The van der Waals surface area contributed by atoms with Crippen molar-refractivity contribution in [3.05, 3.63) is 65.6 Å². The SMILES string of the molecule is CC(C)(C)CCCCN(Cc1cn2c(F)cccc2n1)C1CCCc2cccnc21. The Morgan fingerprint density at radius 1 is 1.17 bits per heavy atom. The van der Waals surface area contributed by atoms with Crippen LogP contribution in [0.3, 0.4) is 0 Å². The van der Waals surface area contributed by atoms with Crippen LogP contribution in [0.25, 0.3) is 5.65 Å². The smallest absolute Gasteiger partial charge is 0.199 e. The van der Waals surface area contributed by atoms with E-state index in [9.17, 15) is 4.39 Å². The van der Waals surface area contributed by atoms with Crippen LogP contribution in [0.15, 0.2) is 42.7 Å². The molecule has 4 rings (SSSR count). The lowest BCUT2D eigenvalue weighted by atomic mass is 9.89. The molecule has 0 amide bonds. The first kappa shape index (κ1) is 21.0. The molecule has 0 aliphatic heterocycles. The van der Waals surface area contributed by atoms with Gasteiger partial charge >= 0.3 is 0 Å². The van der Waals surface area contributed by atoms with Crippen LogP contribution in [0.1, 0.15) is 75.9 Å². The quantitative estimate of drug-likeness (QED) is 0.357.